The maximum absolute atomic E-state index is 15.3. The number of fused-ring (bicyclic) bond motifs is 5. The Hall–Kier alpha value is -6.00. The number of halogens is 1. The van der Waals surface area contributed by atoms with Gasteiger partial charge >= 0.3 is 5.97 Å². The number of ether oxygens (including phenoxy) is 1. The molecule has 4 heterocycles. The van der Waals surface area contributed by atoms with Crippen LogP contribution in [-0.2, 0) is 60.3 Å². The molecular formula is C39H40FN7O8. The van der Waals surface area contributed by atoms with Gasteiger partial charge in [-0.15, -0.1) is 0 Å². The molecule has 2 aromatic heterocycles. The molecule has 0 bridgehead atoms. The summed E-state index contributed by atoms with van der Waals surface area (Å²) in [5, 5.41) is 22.6. The van der Waals surface area contributed by atoms with Crippen LogP contribution < -0.4 is 32.6 Å². The third-order valence-electron chi connectivity index (χ3n) is 10.7. The van der Waals surface area contributed by atoms with E-state index < -0.39 is 71.7 Å². The first kappa shape index (κ1) is 37.3. The second-order valence-corrected chi connectivity index (χ2v) is 14.0. The zero-order valence-corrected chi connectivity index (χ0v) is 30.2. The number of aliphatic hydroxyl groups is 1. The van der Waals surface area contributed by atoms with Crippen molar-refractivity contribution in [2.75, 3.05) is 19.6 Å². The molecule has 16 heteroatoms. The smallest absolute Gasteiger partial charge is 0.343 e. The SMILES string of the molecule is CC[C@@]1(O)C(=O)OCc2c1cc1n(c2=O)Cc2c-1nc1cc(F)c(C)c3c1c2C(NC(=O)CNC(=O)[C@H](Cc1ccccc1)NC(=O)CNC(=O)CN)CC3. The first-order chi connectivity index (χ1) is 26.3. The van der Waals surface area contributed by atoms with Crippen molar-refractivity contribution in [1.82, 2.24) is 30.8 Å². The summed E-state index contributed by atoms with van der Waals surface area (Å²) in [6.45, 7) is 1.92. The molecule has 4 amide bonds. The molecule has 0 saturated heterocycles. The topological polar surface area (TPSA) is 224 Å². The van der Waals surface area contributed by atoms with E-state index in [1.807, 2.05) is 6.07 Å². The van der Waals surface area contributed by atoms with Gasteiger partial charge in [-0.2, -0.15) is 0 Å². The highest BCUT2D eigenvalue weighted by molar-refractivity contribution is 5.95. The summed E-state index contributed by atoms with van der Waals surface area (Å²) in [4.78, 5) is 82.6. The Labute approximate surface area is 313 Å². The average Bonchev–Trinajstić information content (AvgIpc) is 3.55. The van der Waals surface area contributed by atoms with Crippen molar-refractivity contribution in [3.05, 3.63) is 97.6 Å². The minimum Gasteiger partial charge on any atom is -0.458 e. The van der Waals surface area contributed by atoms with E-state index >= 15 is 4.39 Å². The fourth-order valence-corrected chi connectivity index (χ4v) is 7.79. The summed E-state index contributed by atoms with van der Waals surface area (Å²) in [7, 11) is 0. The molecule has 15 nitrogen and oxygen atoms in total. The Balaban J connectivity index is 1.17. The number of hydrogen-bond donors (Lipinski definition) is 6. The number of nitrogens with zero attached hydrogens (tertiary/aromatic N) is 2. The molecule has 3 aliphatic rings. The van der Waals surface area contributed by atoms with Crippen molar-refractivity contribution in [3.63, 3.8) is 0 Å². The summed E-state index contributed by atoms with van der Waals surface area (Å²) in [5.41, 5.74) is 7.38. The number of nitrogens with two attached hydrogens (primary N) is 1. The largest absolute Gasteiger partial charge is 0.458 e. The van der Waals surface area contributed by atoms with E-state index in [9.17, 15) is 33.9 Å². The number of esters is 1. The van der Waals surface area contributed by atoms with Gasteiger partial charge in [0.05, 0.1) is 54.7 Å². The van der Waals surface area contributed by atoms with Crippen molar-refractivity contribution >= 4 is 40.5 Å². The van der Waals surface area contributed by atoms with Crippen molar-refractivity contribution < 1.29 is 38.2 Å². The number of aromatic nitrogens is 2. The highest BCUT2D eigenvalue weighted by Crippen LogP contribution is 2.45. The molecule has 0 spiro atoms. The van der Waals surface area contributed by atoms with Gasteiger partial charge in [0, 0.05) is 29.0 Å². The fourth-order valence-electron chi connectivity index (χ4n) is 7.79. The quantitative estimate of drug-likeness (QED) is 0.103. The van der Waals surface area contributed by atoms with Gasteiger partial charge in [-0.3, -0.25) is 24.0 Å². The van der Waals surface area contributed by atoms with Gasteiger partial charge in [-0.1, -0.05) is 37.3 Å². The summed E-state index contributed by atoms with van der Waals surface area (Å²) in [6.07, 6.45) is 0.876. The predicted octanol–water partition coefficient (Wildman–Crippen LogP) is 0.549. The minimum atomic E-state index is -2.03. The van der Waals surface area contributed by atoms with Crippen LogP contribution in [0.25, 0.3) is 22.3 Å². The van der Waals surface area contributed by atoms with Crippen molar-refractivity contribution in [3.8, 4) is 11.4 Å². The van der Waals surface area contributed by atoms with Crippen LogP contribution in [0.2, 0.25) is 0 Å². The lowest BCUT2D eigenvalue weighted by molar-refractivity contribution is -0.172. The van der Waals surface area contributed by atoms with Gasteiger partial charge in [-0.05, 0) is 54.5 Å². The molecule has 7 N–H and O–H groups in total. The molecule has 0 fully saturated rings. The first-order valence-corrected chi connectivity index (χ1v) is 18.0. The van der Waals surface area contributed by atoms with E-state index in [0.29, 0.717) is 51.8 Å². The number of nitrogens with one attached hydrogen (secondary N) is 4. The van der Waals surface area contributed by atoms with E-state index in [1.165, 1.54) is 10.6 Å². The third kappa shape index (κ3) is 6.71. The Morgan fingerprint density at radius 2 is 1.80 bits per heavy atom. The minimum absolute atomic E-state index is 0.0319. The zero-order valence-electron chi connectivity index (χ0n) is 30.2. The van der Waals surface area contributed by atoms with Crippen LogP contribution in [0.1, 0.15) is 64.8 Å². The number of rotatable bonds is 11. The van der Waals surface area contributed by atoms with Crippen LogP contribution in [0.4, 0.5) is 4.39 Å². The molecule has 2 aromatic carbocycles. The highest BCUT2D eigenvalue weighted by Gasteiger charge is 2.46. The normalized spacial score (nSPS) is 18.3. The van der Waals surface area contributed by atoms with E-state index in [-0.39, 0.29) is 43.7 Å². The molecule has 1 unspecified atom stereocenters. The summed E-state index contributed by atoms with van der Waals surface area (Å²) in [6, 6.07) is 10.2. The first-order valence-electron chi connectivity index (χ1n) is 18.0. The maximum Gasteiger partial charge on any atom is 0.343 e. The maximum atomic E-state index is 15.3. The lowest BCUT2D eigenvalue weighted by atomic mass is 9.81. The van der Waals surface area contributed by atoms with Gasteiger partial charge in [0.15, 0.2) is 5.60 Å². The number of benzene rings is 2. The Morgan fingerprint density at radius 3 is 2.53 bits per heavy atom. The molecule has 2 aliphatic heterocycles. The van der Waals surface area contributed by atoms with Crippen LogP contribution in [0.15, 0.2) is 47.3 Å². The molecule has 55 heavy (non-hydrogen) atoms. The molecule has 7 rings (SSSR count). The van der Waals surface area contributed by atoms with E-state index in [1.54, 1.807) is 44.2 Å². The van der Waals surface area contributed by atoms with E-state index in [4.69, 9.17) is 15.5 Å². The molecule has 0 saturated carbocycles. The van der Waals surface area contributed by atoms with Gasteiger partial charge in [0.2, 0.25) is 23.6 Å². The number of amides is 4. The molecule has 3 atom stereocenters. The average molecular weight is 754 g/mol. The van der Waals surface area contributed by atoms with Gasteiger partial charge < -0.3 is 41.4 Å². The van der Waals surface area contributed by atoms with E-state index in [2.05, 4.69) is 21.3 Å². The Kier molecular flexibility index (Phi) is 9.96. The number of carbonyl (C=O) groups excluding carboxylic acids is 5. The molecule has 286 valence electrons. The van der Waals surface area contributed by atoms with Crippen LogP contribution in [0, 0.1) is 12.7 Å². The van der Waals surface area contributed by atoms with Gasteiger partial charge in [0.25, 0.3) is 5.56 Å². The standard InChI is InChI=1S/C39H40FN7O8/c1-3-39(54)24-12-29-35-22(17-47(29)37(52)23(24)18-55-38(39)53)34-26(10-9-21-19(2)25(40)13-27(46-35)33(21)34)44-32(50)16-43-36(51)28(11-20-7-5-4-6-8-20)45-31(49)15-42-30(48)14-41/h4-8,12-13,26,28,54H,3,9-11,14-18,41H2,1-2H3,(H,42,48)(H,43,51)(H,44,50)(H,45,49)/t26?,28-,39-/m0/s1. The second kappa shape index (κ2) is 14.7. The number of carbonyl (C=O) groups is 5. The second-order valence-electron chi connectivity index (χ2n) is 14.0. The predicted molar refractivity (Wildman–Crippen MR) is 196 cm³/mol. The van der Waals surface area contributed by atoms with Crippen molar-refractivity contribution in [1.29, 1.82) is 0 Å². The van der Waals surface area contributed by atoms with Crippen LogP contribution >= 0.6 is 0 Å². The number of pyridine rings is 2. The summed E-state index contributed by atoms with van der Waals surface area (Å²) in [5.74, 6) is -3.62. The van der Waals surface area contributed by atoms with Crippen LogP contribution in [0.3, 0.4) is 0 Å². The molecule has 0 radical (unpaired) electrons. The van der Waals surface area contributed by atoms with Crippen LogP contribution in [-0.4, -0.2) is 69.9 Å². The monoisotopic (exact) mass is 753 g/mol. The molecule has 1 aliphatic carbocycles. The number of hydrogen-bond acceptors (Lipinski definition) is 10. The highest BCUT2D eigenvalue weighted by atomic mass is 19.1. The zero-order chi connectivity index (χ0) is 39.2. The van der Waals surface area contributed by atoms with Crippen molar-refractivity contribution in [2.45, 2.75) is 70.4 Å². The third-order valence-corrected chi connectivity index (χ3v) is 10.7. The summed E-state index contributed by atoms with van der Waals surface area (Å²) < 4.78 is 22.0. The van der Waals surface area contributed by atoms with E-state index in [0.717, 1.165) is 11.1 Å². The van der Waals surface area contributed by atoms with Gasteiger partial charge in [-0.25, -0.2) is 14.2 Å². The molecule has 4 aromatic rings. The lowest BCUT2D eigenvalue weighted by Gasteiger charge is -2.31. The molecular weight excluding hydrogens is 713 g/mol. The Morgan fingerprint density at radius 1 is 1.05 bits per heavy atom. The number of cyclic esters (lactones) is 1. The lowest BCUT2D eigenvalue weighted by Crippen LogP contribution is -2.52. The number of aryl methyl sites for hydroxylation is 1. The summed E-state index contributed by atoms with van der Waals surface area (Å²) >= 11 is 0. The van der Waals surface area contributed by atoms with Crippen molar-refractivity contribution in [2.24, 2.45) is 5.73 Å². The van der Waals surface area contributed by atoms with Crippen LogP contribution in [0.5, 0.6) is 0 Å². The fraction of sp³-hybridized carbons (Fsp3) is 0.359. The van der Waals surface area contributed by atoms with Gasteiger partial charge in [0.1, 0.15) is 18.5 Å². The Bertz CT molecular complexity index is 2350.